The molecule has 0 radical (unpaired) electrons. The highest BCUT2D eigenvalue weighted by Gasteiger charge is 2.10. The van der Waals surface area contributed by atoms with Crippen LogP contribution in [-0.2, 0) is 11.3 Å². The Hall–Kier alpha value is -2.04. The fourth-order valence-corrected chi connectivity index (χ4v) is 2.77. The van der Waals surface area contributed by atoms with Crippen molar-refractivity contribution in [2.24, 2.45) is 10.7 Å². The molecule has 23 heavy (non-hydrogen) atoms. The van der Waals surface area contributed by atoms with E-state index in [4.69, 9.17) is 5.73 Å². The second-order valence-corrected chi connectivity index (χ2v) is 6.07. The van der Waals surface area contributed by atoms with E-state index < -0.39 is 0 Å². The van der Waals surface area contributed by atoms with Gasteiger partial charge in [-0.3, -0.25) is 4.79 Å². The Morgan fingerprint density at radius 1 is 1.26 bits per heavy atom. The summed E-state index contributed by atoms with van der Waals surface area (Å²) in [6, 6.07) is 7.81. The summed E-state index contributed by atoms with van der Waals surface area (Å²) in [5, 5.41) is 2.91. The molecular weight excluding hydrogens is 288 g/mol. The third kappa shape index (κ3) is 5.93. The predicted molar refractivity (Wildman–Crippen MR) is 95.3 cm³/mol. The Morgan fingerprint density at radius 3 is 2.70 bits per heavy atom. The van der Waals surface area contributed by atoms with Crippen LogP contribution >= 0.6 is 0 Å². The zero-order chi connectivity index (χ0) is 16.5. The van der Waals surface area contributed by atoms with Crippen molar-refractivity contribution in [1.82, 2.24) is 4.90 Å². The van der Waals surface area contributed by atoms with Crippen molar-refractivity contribution in [1.29, 1.82) is 0 Å². The molecular formula is C18H28N4O. The molecule has 0 aromatic heterocycles. The lowest BCUT2D eigenvalue weighted by molar-refractivity contribution is -0.116. The Labute approximate surface area is 139 Å². The summed E-state index contributed by atoms with van der Waals surface area (Å²) in [5.41, 5.74) is 8.01. The lowest BCUT2D eigenvalue weighted by Gasteiger charge is -2.21. The van der Waals surface area contributed by atoms with E-state index in [0.29, 0.717) is 18.9 Å². The van der Waals surface area contributed by atoms with Gasteiger partial charge in [0.25, 0.3) is 0 Å². The minimum atomic E-state index is 0.0530. The van der Waals surface area contributed by atoms with Crippen LogP contribution in [0.2, 0.25) is 0 Å². The molecule has 3 N–H and O–H groups in total. The van der Waals surface area contributed by atoms with Gasteiger partial charge in [0, 0.05) is 25.2 Å². The van der Waals surface area contributed by atoms with Crippen molar-refractivity contribution in [3.05, 3.63) is 29.8 Å². The number of anilines is 1. The van der Waals surface area contributed by atoms with E-state index in [1.165, 1.54) is 25.7 Å². The van der Waals surface area contributed by atoms with Gasteiger partial charge in [-0.05, 0) is 37.0 Å². The number of nitrogens with one attached hydrogen (secondary N) is 1. The van der Waals surface area contributed by atoms with Crippen LogP contribution in [0, 0.1) is 0 Å². The van der Waals surface area contributed by atoms with Crippen molar-refractivity contribution >= 4 is 17.6 Å². The van der Waals surface area contributed by atoms with Crippen molar-refractivity contribution in [3.63, 3.8) is 0 Å². The molecule has 126 valence electrons. The highest BCUT2D eigenvalue weighted by molar-refractivity contribution is 5.90. The summed E-state index contributed by atoms with van der Waals surface area (Å²) >= 11 is 0. The molecule has 0 atom stereocenters. The summed E-state index contributed by atoms with van der Waals surface area (Å²) in [7, 11) is 0. The quantitative estimate of drug-likeness (QED) is 0.647. The maximum atomic E-state index is 11.7. The average molecular weight is 316 g/mol. The van der Waals surface area contributed by atoms with Crippen LogP contribution < -0.4 is 11.1 Å². The summed E-state index contributed by atoms with van der Waals surface area (Å²) in [4.78, 5) is 18.4. The summed E-state index contributed by atoms with van der Waals surface area (Å²) in [6.45, 7) is 4.54. The van der Waals surface area contributed by atoms with E-state index in [-0.39, 0.29) is 5.91 Å². The molecule has 0 unspecified atom stereocenters. The predicted octanol–water partition coefficient (Wildman–Crippen LogP) is 3.12. The number of hydrogen-bond donors (Lipinski definition) is 2. The molecule has 1 aliphatic rings. The van der Waals surface area contributed by atoms with Crippen LogP contribution in [0.15, 0.2) is 29.3 Å². The first-order valence-corrected chi connectivity index (χ1v) is 8.62. The monoisotopic (exact) mass is 316 g/mol. The number of hydrogen-bond acceptors (Lipinski definition) is 2. The largest absolute Gasteiger partial charge is 0.370 e. The van der Waals surface area contributed by atoms with Gasteiger partial charge in [-0.25, -0.2) is 4.99 Å². The van der Waals surface area contributed by atoms with Crippen LogP contribution in [0.25, 0.3) is 0 Å². The van der Waals surface area contributed by atoms with Gasteiger partial charge in [-0.2, -0.15) is 0 Å². The molecule has 1 fully saturated rings. The molecule has 1 heterocycles. The average Bonchev–Trinajstić information content (AvgIpc) is 2.82. The van der Waals surface area contributed by atoms with Gasteiger partial charge in [-0.15, -0.1) is 0 Å². The van der Waals surface area contributed by atoms with E-state index in [2.05, 4.69) is 15.2 Å². The Kier molecular flexibility index (Phi) is 6.91. The lowest BCUT2D eigenvalue weighted by atomic mass is 10.2. The van der Waals surface area contributed by atoms with Crippen molar-refractivity contribution in [2.45, 2.75) is 52.0 Å². The third-order valence-electron chi connectivity index (χ3n) is 4.04. The van der Waals surface area contributed by atoms with Gasteiger partial charge < -0.3 is 16.0 Å². The molecule has 1 amide bonds. The second-order valence-electron chi connectivity index (χ2n) is 6.07. The highest BCUT2D eigenvalue weighted by Crippen LogP contribution is 2.13. The van der Waals surface area contributed by atoms with E-state index in [1.54, 1.807) is 0 Å². The number of guanidine groups is 1. The van der Waals surface area contributed by atoms with E-state index in [1.807, 2.05) is 31.2 Å². The maximum Gasteiger partial charge on any atom is 0.224 e. The SMILES string of the molecule is CCCC(=O)Nc1cccc(CN=C(N)N2CCCCCC2)c1. The number of carbonyl (C=O) groups excluding carboxylic acids is 1. The number of amides is 1. The zero-order valence-electron chi connectivity index (χ0n) is 14.1. The minimum Gasteiger partial charge on any atom is -0.370 e. The first-order chi connectivity index (χ1) is 11.2. The number of rotatable bonds is 5. The maximum absolute atomic E-state index is 11.7. The zero-order valence-corrected chi connectivity index (χ0v) is 14.1. The van der Waals surface area contributed by atoms with Gasteiger partial charge in [0.05, 0.1) is 6.54 Å². The number of likely N-dealkylation sites (tertiary alicyclic amines) is 1. The van der Waals surface area contributed by atoms with Gasteiger partial charge >= 0.3 is 0 Å². The number of nitrogens with zero attached hydrogens (tertiary/aromatic N) is 2. The Bertz CT molecular complexity index is 534. The normalized spacial score (nSPS) is 16.0. The topological polar surface area (TPSA) is 70.7 Å². The van der Waals surface area contributed by atoms with Crippen LogP contribution in [0.3, 0.4) is 0 Å². The number of nitrogens with two attached hydrogens (primary N) is 1. The molecule has 1 aliphatic heterocycles. The molecule has 5 heteroatoms. The highest BCUT2D eigenvalue weighted by atomic mass is 16.1. The first-order valence-electron chi connectivity index (χ1n) is 8.62. The summed E-state index contributed by atoms with van der Waals surface area (Å²) in [5.74, 6) is 0.685. The molecule has 5 nitrogen and oxygen atoms in total. The molecule has 1 saturated heterocycles. The number of aliphatic imine (C=N–C) groups is 1. The van der Waals surface area contributed by atoms with Gasteiger partial charge in [-0.1, -0.05) is 31.9 Å². The van der Waals surface area contributed by atoms with Crippen LogP contribution in [0.5, 0.6) is 0 Å². The molecule has 0 bridgehead atoms. The summed E-state index contributed by atoms with van der Waals surface area (Å²) < 4.78 is 0. The number of benzene rings is 1. The standard InChI is InChI=1S/C18H28N4O/c1-2-8-17(23)21-16-10-7-9-15(13-16)14-20-18(19)22-11-5-3-4-6-12-22/h7,9-10,13H,2-6,8,11-12,14H2,1H3,(H2,19,20)(H,21,23). The molecule has 2 rings (SSSR count). The molecule has 0 aliphatic carbocycles. The molecule has 0 saturated carbocycles. The van der Waals surface area contributed by atoms with Crippen LogP contribution in [0.4, 0.5) is 5.69 Å². The molecule has 1 aromatic rings. The van der Waals surface area contributed by atoms with Crippen LogP contribution in [0.1, 0.15) is 51.0 Å². The van der Waals surface area contributed by atoms with E-state index in [9.17, 15) is 4.79 Å². The minimum absolute atomic E-state index is 0.0530. The fraction of sp³-hybridized carbons (Fsp3) is 0.556. The van der Waals surface area contributed by atoms with E-state index in [0.717, 1.165) is 30.8 Å². The first kappa shape index (κ1) is 17.3. The third-order valence-corrected chi connectivity index (χ3v) is 4.04. The second kappa shape index (κ2) is 9.18. The molecule has 1 aromatic carbocycles. The number of carbonyl (C=O) groups is 1. The van der Waals surface area contributed by atoms with Gasteiger partial charge in [0.1, 0.15) is 0 Å². The van der Waals surface area contributed by atoms with Crippen molar-refractivity contribution in [2.75, 3.05) is 18.4 Å². The smallest absolute Gasteiger partial charge is 0.224 e. The van der Waals surface area contributed by atoms with Crippen molar-refractivity contribution < 1.29 is 4.79 Å². The Balaban J connectivity index is 1.93. The van der Waals surface area contributed by atoms with Gasteiger partial charge in [0.15, 0.2) is 5.96 Å². The van der Waals surface area contributed by atoms with Crippen LogP contribution in [-0.4, -0.2) is 29.9 Å². The summed E-state index contributed by atoms with van der Waals surface area (Å²) in [6.07, 6.45) is 6.34. The fourth-order valence-electron chi connectivity index (χ4n) is 2.77. The Morgan fingerprint density at radius 2 is 2.00 bits per heavy atom. The lowest BCUT2D eigenvalue weighted by Crippen LogP contribution is -2.38. The van der Waals surface area contributed by atoms with E-state index >= 15 is 0 Å². The van der Waals surface area contributed by atoms with Crippen molar-refractivity contribution in [3.8, 4) is 0 Å². The van der Waals surface area contributed by atoms with Gasteiger partial charge in [0.2, 0.25) is 5.91 Å². The molecule has 0 spiro atoms.